The first-order valence-corrected chi connectivity index (χ1v) is 10.7. The van der Waals surface area contributed by atoms with Crippen molar-refractivity contribution in [3.8, 4) is 5.75 Å². The number of hydrogen-bond acceptors (Lipinski definition) is 3. The van der Waals surface area contributed by atoms with Crippen LogP contribution in [0.25, 0.3) is 0 Å². The Morgan fingerprint density at radius 1 is 1.19 bits per heavy atom. The van der Waals surface area contributed by atoms with Crippen LogP contribution in [0.5, 0.6) is 5.75 Å². The van der Waals surface area contributed by atoms with Gasteiger partial charge in [-0.15, -0.1) is 0 Å². The van der Waals surface area contributed by atoms with Crippen molar-refractivity contribution >= 4 is 5.91 Å². The third-order valence-electron chi connectivity index (χ3n) is 7.52. The maximum absolute atomic E-state index is 13.6. The Balaban J connectivity index is 1.47. The quantitative estimate of drug-likeness (QED) is 0.782. The summed E-state index contributed by atoms with van der Waals surface area (Å²) in [5, 5.41) is 0. The van der Waals surface area contributed by atoms with Crippen molar-refractivity contribution in [1.29, 1.82) is 0 Å². The molecule has 4 bridgehead atoms. The Morgan fingerprint density at radius 2 is 1.89 bits per heavy atom. The molecule has 1 saturated heterocycles. The van der Waals surface area contributed by atoms with Crippen LogP contribution in [0.2, 0.25) is 0 Å². The molecular weight excluding hydrogens is 338 g/mol. The monoisotopic (exact) mass is 369 g/mol. The average molecular weight is 370 g/mol. The molecule has 0 radical (unpaired) electrons. The van der Waals surface area contributed by atoms with Gasteiger partial charge in [-0.25, -0.2) is 0 Å². The first-order valence-electron chi connectivity index (χ1n) is 10.7. The maximum atomic E-state index is 13.6. The first kappa shape index (κ1) is 17.5. The van der Waals surface area contributed by atoms with Gasteiger partial charge in [-0.05, 0) is 86.8 Å². The molecule has 4 aliphatic carbocycles. The minimum absolute atomic E-state index is 0.0564. The van der Waals surface area contributed by atoms with E-state index in [1.165, 1.54) is 38.5 Å². The molecule has 1 heterocycles. The molecule has 6 rings (SSSR count). The van der Waals surface area contributed by atoms with Gasteiger partial charge in [-0.1, -0.05) is 12.1 Å². The fourth-order valence-electron chi connectivity index (χ4n) is 6.77. The van der Waals surface area contributed by atoms with E-state index in [1.54, 1.807) is 7.11 Å². The van der Waals surface area contributed by atoms with Crippen LogP contribution in [0.3, 0.4) is 0 Å². The SMILES string of the molecule is COc1cccc(CN(C(=O)C2CCCO2)C23CC4CC(CC(C4)C2)C3)c1. The molecule has 1 aromatic rings. The Kier molecular flexibility index (Phi) is 4.42. The van der Waals surface area contributed by atoms with Gasteiger partial charge in [0.2, 0.25) is 0 Å². The molecule has 1 amide bonds. The number of carbonyl (C=O) groups is 1. The van der Waals surface area contributed by atoms with Crippen LogP contribution in [0.15, 0.2) is 24.3 Å². The Hall–Kier alpha value is -1.55. The normalized spacial score (nSPS) is 36.8. The number of nitrogens with zero attached hydrogens (tertiary/aromatic N) is 1. The summed E-state index contributed by atoms with van der Waals surface area (Å²) in [6.07, 6.45) is 9.40. The van der Waals surface area contributed by atoms with Crippen LogP contribution >= 0.6 is 0 Å². The topological polar surface area (TPSA) is 38.8 Å². The van der Waals surface area contributed by atoms with Gasteiger partial charge in [0.05, 0.1) is 7.11 Å². The van der Waals surface area contributed by atoms with Gasteiger partial charge >= 0.3 is 0 Å². The highest BCUT2D eigenvalue weighted by Gasteiger charge is 2.55. The van der Waals surface area contributed by atoms with Gasteiger partial charge in [0.1, 0.15) is 11.9 Å². The molecular formula is C23H31NO3. The van der Waals surface area contributed by atoms with Gasteiger partial charge in [0.15, 0.2) is 0 Å². The lowest BCUT2D eigenvalue weighted by Gasteiger charge is -2.60. The number of benzene rings is 1. The largest absolute Gasteiger partial charge is 0.497 e. The molecule has 0 spiro atoms. The second-order valence-corrected chi connectivity index (χ2v) is 9.42. The molecule has 0 aromatic heterocycles. The maximum Gasteiger partial charge on any atom is 0.252 e. The molecule has 1 aliphatic heterocycles. The molecule has 5 aliphatic rings. The van der Waals surface area contributed by atoms with E-state index in [1.807, 2.05) is 12.1 Å². The summed E-state index contributed by atoms with van der Waals surface area (Å²) in [6, 6.07) is 8.21. The fraction of sp³-hybridized carbons (Fsp3) is 0.696. The van der Waals surface area contributed by atoms with Gasteiger partial charge in [-0.3, -0.25) is 4.79 Å². The second kappa shape index (κ2) is 6.80. The van der Waals surface area contributed by atoms with E-state index in [-0.39, 0.29) is 17.6 Å². The first-order chi connectivity index (χ1) is 13.1. The van der Waals surface area contributed by atoms with Crippen molar-refractivity contribution in [2.45, 2.75) is 69.6 Å². The average Bonchev–Trinajstić information content (AvgIpc) is 3.19. The number of amides is 1. The van der Waals surface area contributed by atoms with Gasteiger partial charge < -0.3 is 14.4 Å². The smallest absolute Gasteiger partial charge is 0.252 e. The van der Waals surface area contributed by atoms with Crippen LogP contribution in [0, 0.1) is 17.8 Å². The highest BCUT2D eigenvalue weighted by atomic mass is 16.5. The van der Waals surface area contributed by atoms with Crippen molar-refractivity contribution in [2.24, 2.45) is 17.8 Å². The molecule has 4 nitrogen and oxygen atoms in total. The molecule has 0 N–H and O–H groups in total. The summed E-state index contributed by atoms with van der Waals surface area (Å²) in [7, 11) is 1.70. The second-order valence-electron chi connectivity index (χ2n) is 9.42. The van der Waals surface area contributed by atoms with E-state index in [2.05, 4.69) is 17.0 Å². The third kappa shape index (κ3) is 3.16. The molecule has 1 atom stereocenters. The molecule has 4 heteroatoms. The minimum Gasteiger partial charge on any atom is -0.497 e. The third-order valence-corrected chi connectivity index (χ3v) is 7.52. The summed E-state index contributed by atoms with van der Waals surface area (Å²) >= 11 is 0. The van der Waals surface area contributed by atoms with E-state index < -0.39 is 0 Å². The van der Waals surface area contributed by atoms with E-state index >= 15 is 0 Å². The van der Waals surface area contributed by atoms with Gasteiger partial charge in [0.25, 0.3) is 5.91 Å². The van der Waals surface area contributed by atoms with Crippen LogP contribution in [-0.2, 0) is 16.1 Å². The van der Waals surface area contributed by atoms with E-state index in [4.69, 9.17) is 9.47 Å². The predicted octanol–water partition coefficient (Wildman–Crippen LogP) is 4.17. The van der Waals surface area contributed by atoms with Crippen molar-refractivity contribution in [1.82, 2.24) is 4.90 Å². The summed E-state index contributed by atoms with van der Waals surface area (Å²) in [5.74, 6) is 3.56. The molecule has 1 unspecified atom stereocenters. The highest BCUT2D eigenvalue weighted by Crippen LogP contribution is 2.58. The van der Waals surface area contributed by atoms with E-state index in [0.29, 0.717) is 6.54 Å². The van der Waals surface area contributed by atoms with E-state index in [0.717, 1.165) is 48.5 Å². The van der Waals surface area contributed by atoms with Crippen molar-refractivity contribution in [3.63, 3.8) is 0 Å². The Morgan fingerprint density at radius 3 is 2.48 bits per heavy atom. The summed E-state index contributed by atoms with van der Waals surface area (Å²) < 4.78 is 11.2. The van der Waals surface area contributed by atoms with Crippen molar-refractivity contribution < 1.29 is 14.3 Å². The Bertz CT molecular complexity index is 674. The molecule has 27 heavy (non-hydrogen) atoms. The molecule has 5 fully saturated rings. The number of carbonyl (C=O) groups excluding carboxylic acids is 1. The van der Waals surface area contributed by atoms with Crippen LogP contribution < -0.4 is 4.74 Å². The lowest BCUT2D eigenvalue weighted by Crippen LogP contribution is -2.62. The predicted molar refractivity (Wildman–Crippen MR) is 103 cm³/mol. The van der Waals surface area contributed by atoms with E-state index in [9.17, 15) is 4.79 Å². The zero-order valence-corrected chi connectivity index (χ0v) is 16.4. The fourth-order valence-corrected chi connectivity index (χ4v) is 6.77. The summed E-state index contributed by atoms with van der Waals surface area (Å²) in [5.41, 5.74) is 1.22. The van der Waals surface area contributed by atoms with Gasteiger partial charge in [0, 0.05) is 18.7 Å². The van der Waals surface area contributed by atoms with Crippen LogP contribution in [-0.4, -0.2) is 36.2 Å². The number of rotatable bonds is 5. The Labute approximate surface area is 162 Å². The lowest BCUT2D eigenvalue weighted by molar-refractivity contribution is -0.161. The zero-order valence-electron chi connectivity index (χ0n) is 16.4. The standard InChI is InChI=1S/C23H31NO3/c1-26-20-5-2-4-16(11-20)15-24(22(25)21-6-3-7-27-21)23-12-17-8-18(13-23)10-19(9-17)14-23/h2,4-5,11,17-19,21H,3,6-10,12-15H2,1H3. The molecule has 4 saturated carbocycles. The molecule has 1 aromatic carbocycles. The summed E-state index contributed by atoms with van der Waals surface area (Å²) in [6.45, 7) is 1.41. The summed E-state index contributed by atoms with van der Waals surface area (Å²) in [4.78, 5) is 15.8. The number of methoxy groups -OCH3 is 1. The minimum atomic E-state index is -0.233. The highest BCUT2D eigenvalue weighted by molar-refractivity contribution is 5.82. The zero-order chi connectivity index (χ0) is 18.4. The van der Waals surface area contributed by atoms with Crippen LogP contribution in [0.1, 0.15) is 56.9 Å². The van der Waals surface area contributed by atoms with Crippen molar-refractivity contribution in [3.05, 3.63) is 29.8 Å². The van der Waals surface area contributed by atoms with Gasteiger partial charge in [-0.2, -0.15) is 0 Å². The number of ether oxygens (including phenoxy) is 2. The lowest BCUT2D eigenvalue weighted by atomic mass is 9.52. The number of hydrogen-bond donors (Lipinski definition) is 0. The van der Waals surface area contributed by atoms with Crippen molar-refractivity contribution in [2.75, 3.05) is 13.7 Å². The molecule has 146 valence electrons. The van der Waals surface area contributed by atoms with Crippen LogP contribution in [0.4, 0.5) is 0 Å².